The van der Waals surface area contributed by atoms with Gasteiger partial charge in [0.05, 0.1) is 11.0 Å². The Morgan fingerprint density at radius 2 is 1.17 bits per heavy atom. The van der Waals surface area contributed by atoms with Gasteiger partial charge in [0.25, 0.3) is 0 Å². The van der Waals surface area contributed by atoms with E-state index in [4.69, 9.17) is 15.0 Å². The molecule has 2 bridgehead atoms. The molecule has 0 N–H and O–H groups in total. The number of aromatic nitrogens is 4. The number of para-hydroxylation sites is 1. The Kier molecular flexibility index (Phi) is 6.86. The average molecular weight is 685 g/mol. The molecule has 4 atom stereocenters. The van der Waals surface area contributed by atoms with Crippen molar-refractivity contribution in [2.24, 2.45) is 17.8 Å². The summed E-state index contributed by atoms with van der Waals surface area (Å²) < 4.78 is 2.57. The fraction of sp³-hybridized carbons (Fsp3) is 0.204. The summed E-state index contributed by atoms with van der Waals surface area (Å²) in [6.45, 7) is 2.50. The Bertz CT molecular complexity index is 2620. The molecule has 1 spiro atoms. The molecule has 256 valence electrons. The molecule has 53 heavy (non-hydrogen) atoms. The van der Waals surface area contributed by atoms with Gasteiger partial charge in [-0.05, 0) is 102 Å². The Labute approximate surface area is 310 Å². The molecule has 3 aliphatic carbocycles. The fourth-order valence-corrected chi connectivity index (χ4v) is 10.6. The zero-order valence-electron chi connectivity index (χ0n) is 29.9. The minimum atomic E-state index is 0.0231. The third-order valence-electron chi connectivity index (χ3n) is 12.7. The van der Waals surface area contributed by atoms with Crippen LogP contribution >= 0.6 is 0 Å². The van der Waals surface area contributed by atoms with E-state index < -0.39 is 0 Å². The minimum Gasteiger partial charge on any atom is -0.309 e. The molecule has 0 amide bonds. The lowest BCUT2D eigenvalue weighted by atomic mass is 9.53. The summed E-state index contributed by atoms with van der Waals surface area (Å²) in [5, 5.41) is 2.66. The first kappa shape index (κ1) is 30.7. The van der Waals surface area contributed by atoms with Gasteiger partial charge in [-0.2, -0.15) is 0 Å². The highest BCUT2D eigenvalue weighted by Crippen LogP contribution is 2.64. The van der Waals surface area contributed by atoms with E-state index in [1.807, 2.05) is 36.4 Å². The van der Waals surface area contributed by atoms with Crippen molar-refractivity contribution in [2.75, 3.05) is 0 Å². The zero-order chi connectivity index (χ0) is 35.1. The lowest BCUT2D eigenvalue weighted by molar-refractivity contribution is 0.0861. The third-order valence-corrected chi connectivity index (χ3v) is 12.7. The summed E-state index contributed by atoms with van der Waals surface area (Å²) in [5.41, 5.74) is 12.7. The molecular formula is C49H40N4. The summed E-state index contributed by atoms with van der Waals surface area (Å²) in [7, 11) is 0. The number of hydrogen-bond acceptors (Lipinski definition) is 3. The summed E-state index contributed by atoms with van der Waals surface area (Å²) >= 11 is 0. The number of nitrogens with zero attached hydrogens (tertiary/aromatic N) is 4. The van der Waals surface area contributed by atoms with E-state index in [-0.39, 0.29) is 5.41 Å². The summed E-state index contributed by atoms with van der Waals surface area (Å²) in [4.78, 5) is 15.0. The first-order valence-electron chi connectivity index (χ1n) is 19.3. The SMILES string of the molecule is CC1CC2CCC3(c4ccccc4-c4ccc5c6ccccc6n(-c6ccc(-c7nc(-c8ccccc8)nc(-c8ccccc8)n7)cc6)c5c43)C(C1)C2. The Hall–Kier alpha value is -5.87. The van der Waals surface area contributed by atoms with E-state index in [9.17, 15) is 0 Å². The van der Waals surface area contributed by atoms with E-state index in [1.54, 1.807) is 11.1 Å². The normalized spacial score (nSPS) is 21.6. The Morgan fingerprint density at radius 1 is 0.547 bits per heavy atom. The van der Waals surface area contributed by atoms with E-state index in [1.165, 1.54) is 65.0 Å². The molecule has 2 aromatic heterocycles. The standard InChI is InChI=1S/C49H40N4/c1-31-28-32-26-27-49(36(29-31)30-32)42-18-10-8-16-38(42)40-24-25-41-39-17-9-11-19-43(39)53(45(41)44(40)49)37-22-20-35(21-23-37)48-51-46(33-12-4-2-5-13-33)50-47(52-48)34-14-6-3-7-15-34/h2-25,31-32,36H,26-30H2,1H3. The highest BCUT2D eigenvalue weighted by Gasteiger charge is 2.54. The molecule has 2 fully saturated rings. The van der Waals surface area contributed by atoms with Crippen molar-refractivity contribution < 1.29 is 0 Å². The number of fused-ring (bicyclic) bond motifs is 12. The molecule has 4 heteroatoms. The smallest absolute Gasteiger partial charge is 0.164 e. The van der Waals surface area contributed by atoms with E-state index in [0.29, 0.717) is 23.4 Å². The Balaban J connectivity index is 1.12. The molecule has 3 aliphatic rings. The van der Waals surface area contributed by atoms with Crippen LogP contribution in [0.2, 0.25) is 0 Å². The summed E-state index contributed by atoms with van der Waals surface area (Å²) in [6, 6.07) is 52.5. The monoisotopic (exact) mass is 684 g/mol. The van der Waals surface area contributed by atoms with Crippen molar-refractivity contribution in [1.29, 1.82) is 0 Å². The van der Waals surface area contributed by atoms with Crippen molar-refractivity contribution in [3.63, 3.8) is 0 Å². The van der Waals surface area contributed by atoms with Crippen LogP contribution in [-0.4, -0.2) is 19.5 Å². The highest BCUT2D eigenvalue weighted by atomic mass is 15.0. The summed E-state index contributed by atoms with van der Waals surface area (Å²) in [5.74, 6) is 4.29. The topological polar surface area (TPSA) is 43.6 Å². The number of benzene rings is 6. The predicted octanol–water partition coefficient (Wildman–Crippen LogP) is 12.1. The van der Waals surface area contributed by atoms with Crippen molar-refractivity contribution in [3.05, 3.63) is 157 Å². The molecule has 6 aromatic carbocycles. The highest BCUT2D eigenvalue weighted by molar-refractivity contribution is 6.13. The second-order valence-electron chi connectivity index (χ2n) is 15.8. The van der Waals surface area contributed by atoms with E-state index >= 15 is 0 Å². The van der Waals surface area contributed by atoms with Crippen LogP contribution in [0.25, 0.3) is 72.8 Å². The van der Waals surface area contributed by atoms with Crippen molar-refractivity contribution in [1.82, 2.24) is 19.5 Å². The van der Waals surface area contributed by atoms with Crippen LogP contribution in [0.3, 0.4) is 0 Å². The fourth-order valence-electron chi connectivity index (χ4n) is 10.6. The molecule has 11 rings (SSSR count). The molecule has 8 aromatic rings. The van der Waals surface area contributed by atoms with Crippen molar-refractivity contribution in [3.8, 4) is 51.0 Å². The second-order valence-corrected chi connectivity index (χ2v) is 15.8. The lowest BCUT2D eigenvalue weighted by Crippen LogP contribution is -2.44. The third kappa shape index (κ3) is 4.64. The quantitative estimate of drug-likeness (QED) is 0.185. The maximum atomic E-state index is 5.03. The molecule has 2 saturated carbocycles. The van der Waals surface area contributed by atoms with Gasteiger partial charge in [0.2, 0.25) is 0 Å². The van der Waals surface area contributed by atoms with E-state index in [2.05, 4.69) is 121 Å². The molecule has 0 aliphatic heterocycles. The first-order valence-corrected chi connectivity index (χ1v) is 19.3. The van der Waals surface area contributed by atoms with Crippen LogP contribution in [0.4, 0.5) is 0 Å². The van der Waals surface area contributed by atoms with Crippen LogP contribution in [0.1, 0.15) is 50.2 Å². The Morgan fingerprint density at radius 3 is 1.89 bits per heavy atom. The van der Waals surface area contributed by atoms with Crippen LogP contribution in [0, 0.1) is 17.8 Å². The first-order chi connectivity index (χ1) is 26.2. The molecular weight excluding hydrogens is 645 g/mol. The molecule has 2 heterocycles. The maximum Gasteiger partial charge on any atom is 0.164 e. The van der Waals surface area contributed by atoms with Crippen molar-refractivity contribution in [2.45, 2.75) is 44.4 Å². The van der Waals surface area contributed by atoms with E-state index in [0.717, 1.165) is 34.2 Å². The lowest BCUT2D eigenvalue weighted by Gasteiger charge is -2.51. The average Bonchev–Trinajstić information content (AvgIpc) is 3.70. The van der Waals surface area contributed by atoms with Gasteiger partial charge < -0.3 is 4.57 Å². The minimum absolute atomic E-state index is 0.0231. The maximum absolute atomic E-state index is 5.03. The molecule has 4 unspecified atom stereocenters. The van der Waals surface area contributed by atoms with Gasteiger partial charge in [-0.15, -0.1) is 0 Å². The molecule has 0 saturated heterocycles. The molecule has 0 radical (unpaired) electrons. The van der Waals surface area contributed by atoms with Crippen LogP contribution < -0.4 is 0 Å². The van der Waals surface area contributed by atoms with Gasteiger partial charge in [0.15, 0.2) is 17.5 Å². The van der Waals surface area contributed by atoms with Crippen LogP contribution in [0.15, 0.2) is 146 Å². The van der Waals surface area contributed by atoms with Gasteiger partial charge in [-0.1, -0.05) is 122 Å². The second kappa shape index (κ2) is 11.8. The van der Waals surface area contributed by atoms with Gasteiger partial charge in [-0.3, -0.25) is 0 Å². The molecule has 4 nitrogen and oxygen atoms in total. The van der Waals surface area contributed by atoms with Gasteiger partial charge in [0, 0.05) is 38.6 Å². The summed E-state index contributed by atoms with van der Waals surface area (Å²) in [6.07, 6.45) is 6.56. The van der Waals surface area contributed by atoms with Gasteiger partial charge in [0.1, 0.15) is 0 Å². The van der Waals surface area contributed by atoms with Crippen LogP contribution in [-0.2, 0) is 5.41 Å². The van der Waals surface area contributed by atoms with Crippen LogP contribution in [0.5, 0.6) is 0 Å². The van der Waals surface area contributed by atoms with Gasteiger partial charge in [-0.25, -0.2) is 15.0 Å². The van der Waals surface area contributed by atoms with Crippen molar-refractivity contribution >= 4 is 21.8 Å². The van der Waals surface area contributed by atoms with Gasteiger partial charge >= 0.3 is 0 Å². The number of hydrogen-bond donors (Lipinski definition) is 0. The number of rotatable bonds is 4. The predicted molar refractivity (Wildman–Crippen MR) is 216 cm³/mol. The zero-order valence-corrected chi connectivity index (χ0v) is 29.9. The largest absolute Gasteiger partial charge is 0.309 e.